The summed E-state index contributed by atoms with van der Waals surface area (Å²) >= 11 is 6.09. The Morgan fingerprint density at radius 3 is 2.41 bits per heavy atom. The molecule has 1 aliphatic heterocycles. The minimum atomic E-state index is 0.122. The lowest BCUT2D eigenvalue weighted by molar-refractivity contribution is 0.124. The van der Waals surface area contributed by atoms with Gasteiger partial charge in [-0.25, -0.2) is 0 Å². The molecular weight excluding hydrogens is 354 g/mol. The molecule has 0 aromatic heterocycles. The molecule has 1 aromatic rings. The van der Waals surface area contributed by atoms with E-state index in [0.717, 1.165) is 24.0 Å². The molecule has 1 heterocycles. The molecule has 27 heavy (non-hydrogen) atoms. The van der Waals surface area contributed by atoms with Crippen molar-refractivity contribution in [2.75, 3.05) is 26.8 Å². The average molecular weight is 392 g/mol. The smallest absolute Gasteiger partial charge is 0.0462 e. The first-order valence-electron chi connectivity index (χ1n) is 10.5. The first-order chi connectivity index (χ1) is 12.8. The number of nitrogens with zero attached hydrogens (tertiary/aromatic N) is 1. The molecule has 1 fully saturated rings. The number of allylic oxidation sites excluding steroid dienone is 1. The molecule has 1 aromatic carbocycles. The van der Waals surface area contributed by atoms with E-state index in [-0.39, 0.29) is 5.41 Å². The number of likely N-dealkylation sites (tertiary alicyclic amines) is 1. The van der Waals surface area contributed by atoms with Crippen LogP contribution in [0.4, 0.5) is 0 Å². The van der Waals surface area contributed by atoms with Gasteiger partial charge >= 0.3 is 0 Å². The lowest BCUT2D eigenvalue weighted by atomic mass is 9.78. The zero-order valence-corrected chi connectivity index (χ0v) is 18.7. The molecule has 2 rings (SSSR count). The molecule has 3 heteroatoms. The highest BCUT2D eigenvalue weighted by atomic mass is 35.5. The van der Waals surface area contributed by atoms with Gasteiger partial charge in [0, 0.05) is 24.8 Å². The largest absolute Gasteiger partial charge is 0.385 e. The van der Waals surface area contributed by atoms with E-state index < -0.39 is 0 Å². The van der Waals surface area contributed by atoms with Crippen molar-refractivity contribution < 1.29 is 4.74 Å². The summed E-state index contributed by atoms with van der Waals surface area (Å²) in [6.07, 6.45) is 8.75. The molecule has 1 saturated heterocycles. The van der Waals surface area contributed by atoms with Gasteiger partial charge in [0.15, 0.2) is 0 Å². The van der Waals surface area contributed by atoms with E-state index >= 15 is 0 Å². The van der Waals surface area contributed by atoms with E-state index in [0.29, 0.717) is 6.04 Å². The normalized spacial score (nSPS) is 17.7. The number of benzene rings is 1. The Labute approximate surface area is 171 Å². The van der Waals surface area contributed by atoms with Gasteiger partial charge in [0.25, 0.3) is 0 Å². The van der Waals surface area contributed by atoms with Crippen LogP contribution in [0.3, 0.4) is 0 Å². The van der Waals surface area contributed by atoms with Crippen LogP contribution in [0, 0.1) is 5.92 Å². The van der Waals surface area contributed by atoms with Crippen LogP contribution in [-0.4, -0.2) is 37.7 Å². The Balaban J connectivity index is 2.01. The molecule has 1 aliphatic rings. The van der Waals surface area contributed by atoms with Gasteiger partial charge in [-0.1, -0.05) is 49.2 Å². The number of halogens is 1. The molecule has 2 nitrogen and oxygen atoms in total. The second-order valence-corrected chi connectivity index (χ2v) is 9.46. The van der Waals surface area contributed by atoms with Crippen LogP contribution < -0.4 is 0 Å². The molecular formula is C24H38ClNO. The van der Waals surface area contributed by atoms with Crippen LogP contribution in [0.5, 0.6) is 0 Å². The summed E-state index contributed by atoms with van der Waals surface area (Å²) in [7, 11) is 1.80. The maximum absolute atomic E-state index is 6.09. The SMILES string of the molecule is COCCCC1CCN(C(C=C(C)C)CC(C)(C)c2ccc(Cl)cc2)CC1. The van der Waals surface area contributed by atoms with Crippen LogP contribution in [0.2, 0.25) is 5.02 Å². The van der Waals surface area contributed by atoms with Gasteiger partial charge in [-0.2, -0.15) is 0 Å². The van der Waals surface area contributed by atoms with Crippen molar-refractivity contribution in [1.29, 1.82) is 0 Å². The maximum Gasteiger partial charge on any atom is 0.0462 e. The van der Waals surface area contributed by atoms with E-state index in [1.54, 1.807) is 7.11 Å². The molecule has 0 saturated carbocycles. The minimum absolute atomic E-state index is 0.122. The van der Waals surface area contributed by atoms with Crippen molar-refractivity contribution >= 4 is 11.6 Å². The van der Waals surface area contributed by atoms with Gasteiger partial charge in [0.05, 0.1) is 0 Å². The third-order valence-electron chi connectivity index (χ3n) is 5.95. The van der Waals surface area contributed by atoms with E-state index in [1.807, 2.05) is 12.1 Å². The van der Waals surface area contributed by atoms with Gasteiger partial charge < -0.3 is 4.74 Å². The minimum Gasteiger partial charge on any atom is -0.385 e. The summed E-state index contributed by atoms with van der Waals surface area (Å²) in [5, 5.41) is 0.811. The van der Waals surface area contributed by atoms with Crippen molar-refractivity contribution in [1.82, 2.24) is 4.90 Å². The molecule has 152 valence electrons. The first kappa shape index (κ1) is 22.5. The second-order valence-electron chi connectivity index (χ2n) is 9.02. The number of rotatable bonds is 9. The molecule has 1 unspecified atom stereocenters. The van der Waals surface area contributed by atoms with E-state index in [9.17, 15) is 0 Å². The maximum atomic E-state index is 6.09. The Morgan fingerprint density at radius 1 is 1.22 bits per heavy atom. The third kappa shape index (κ3) is 7.25. The second kappa shape index (κ2) is 10.6. The van der Waals surface area contributed by atoms with Crippen LogP contribution >= 0.6 is 11.6 Å². The zero-order valence-electron chi connectivity index (χ0n) is 17.9. The van der Waals surface area contributed by atoms with E-state index in [4.69, 9.17) is 16.3 Å². The van der Waals surface area contributed by atoms with Gasteiger partial charge in [0.2, 0.25) is 0 Å². The zero-order chi connectivity index (χ0) is 19.9. The van der Waals surface area contributed by atoms with Crippen molar-refractivity contribution in [3.8, 4) is 0 Å². The summed E-state index contributed by atoms with van der Waals surface area (Å²) in [5.74, 6) is 0.869. The predicted octanol–water partition coefficient (Wildman–Crippen LogP) is 6.48. The van der Waals surface area contributed by atoms with Gasteiger partial charge in [-0.3, -0.25) is 4.90 Å². The first-order valence-corrected chi connectivity index (χ1v) is 10.8. The van der Waals surface area contributed by atoms with Crippen LogP contribution in [0.25, 0.3) is 0 Å². The fourth-order valence-corrected chi connectivity index (χ4v) is 4.44. The topological polar surface area (TPSA) is 12.5 Å². The number of piperidine rings is 1. The standard InChI is InChI=1S/C24H38ClNO/c1-19(2)17-23(18-24(3,4)21-8-10-22(25)11-9-21)26-14-12-20(13-15-26)7-6-16-27-5/h8-11,17,20,23H,6-7,12-16,18H2,1-5H3. The third-order valence-corrected chi connectivity index (χ3v) is 6.20. The Morgan fingerprint density at radius 2 is 1.85 bits per heavy atom. The highest BCUT2D eigenvalue weighted by molar-refractivity contribution is 6.30. The van der Waals surface area contributed by atoms with Gasteiger partial charge in [-0.05, 0) is 88.1 Å². The summed E-state index contributed by atoms with van der Waals surface area (Å²) in [4.78, 5) is 2.71. The molecule has 0 N–H and O–H groups in total. The highest BCUT2D eigenvalue weighted by Crippen LogP contribution is 2.33. The summed E-state index contributed by atoms with van der Waals surface area (Å²) in [6.45, 7) is 12.5. The van der Waals surface area contributed by atoms with Crippen molar-refractivity contribution in [2.24, 2.45) is 5.92 Å². The summed E-state index contributed by atoms with van der Waals surface area (Å²) in [5.41, 5.74) is 2.90. The van der Waals surface area contributed by atoms with Crippen LogP contribution in [-0.2, 0) is 10.2 Å². The van der Waals surface area contributed by atoms with Gasteiger partial charge in [-0.15, -0.1) is 0 Å². The van der Waals surface area contributed by atoms with E-state index in [2.05, 4.69) is 50.8 Å². The fourth-order valence-electron chi connectivity index (χ4n) is 4.31. The van der Waals surface area contributed by atoms with Gasteiger partial charge in [0.1, 0.15) is 0 Å². The van der Waals surface area contributed by atoms with Crippen molar-refractivity contribution in [3.05, 3.63) is 46.5 Å². The molecule has 0 amide bonds. The Hall–Kier alpha value is -0.830. The summed E-state index contributed by atoms with van der Waals surface area (Å²) in [6, 6.07) is 8.90. The number of ether oxygens (including phenoxy) is 1. The number of methoxy groups -OCH3 is 1. The average Bonchev–Trinajstić information content (AvgIpc) is 2.62. The Kier molecular flexibility index (Phi) is 8.85. The van der Waals surface area contributed by atoms with Crippen molar-refractivity contribution in [2.45, 2.75) is 71.3 Å². The fraction of sp³-hybridized carbons (Fsp3) is 0.667. The molecule has 1 atom stereocenters. The van der Waals surface area contributed by atoms with Crippen molar-refractivity contribution in [3.63, 3.8) is 0 Å². The molecule has 0 aliphatic carbocycles. The Bertz CT molecular complexity index is 581. The molecule has 0 spiro atoms. The lowest BCUT2D eigenvalue weighted by Crippen LogP contribution is -2.43. The predicted molar refractivity (Wildman–Crippen MR) is 118 cm³/mol. The number of hydrogen-bond donors (Lipinski definition) is 0. The number of hydrogen-bond acceptors (Lipinski definition) is 2. The van der Waals surface area contributed by atoms with E-state index in [1.165, 1.54) is 49.9 Å². The highest BCUT2D eigenvalue weighted by Gasteiger charge is 2.30. The quantitative estimate of drug-likeness (QED) is 0.352. The van der Waals surface area contributed by atoms with Crippen LogP contribution in [0.1, 0.15) is 65.4 Å². The monoisotopic (exact) mass is 391 g/mol. The molecule has 0 bridgehead atoms. The van der Waals surface area contributed by atoms with Crippen LogP contribution in [0.15, 0.2) is 35.9 Å². The lowest BCUT2D eigenvalue weighted by Gasteiger charge is -2.40. The molecule has 0 radical (unpaired) electrons. The summed E-state index contributed by atoms with van der Waals surface area (Å²) < 4.78 is 5.21.